The molecule has 3 aromatic rings. The van der Waals surface area contributed by atoms with E-state index in [2.05, 4.69) is 10.00 Å². The van der Waals surface area contributed by atoms with Crippen molar-refractivity contribution in [3.05, 3.63) is 56.1 Å². The maximum atomic E-state index is 12.6. The number of hydrogen-bond acceptors (Lipinski definition) is 5. The molecule has 1 fully saturated rings. The highest BCUT2D eigenvalue weighted by Gasteiger charge is 2.21. The molecule has 1 aliphatic rings. The fraction of sp³-hybridized carbons (Fsp3) is 0.389. The zero-order valence-corrected chi connectivity index (χ0v) is 16.5. The summed E-state index contributed by atoms with van der Waals surface area (Å²) in [7, 11) is 0. The molecular formula is C18H19Cl2N5O2. The molecule has 1 unspecified atom stereocenters. The van der Waals surface area contributed by atoms with Gasteiger partial charge in [0.15, 0.2) is 0 Å². The number of morpholine rings is 1. The lowest BCUT2D eigenvalue weighted by Gasteiger charge is -2.31. The predicted octanol–water partition coefficient (Wildman–Crippen LogP) is 2.78. The van der Waals surface area contributed by atoms with Gasteiger partial charge >= 0.3 is 0 Å². The Labute approximate surface area is 166 Å². The summed E-state index contributed by atoms with van der Waals surface area (Å²) in [5.74, 6) is 1.78. The number of benzene rings is 1. The average molecular weight is 408 g/mol. The molecule has 7 nitrogen and oxygen atoms in total. The first-order valence-electron chi connectivity index (χ1n) is 8.70. The van der Waals surface area contributed by atoms with Crippen molar-refractivity contribution in [2.24, 2.45) is 0 Å². The highest BCUT2D eigenvalue weighted by atomic mass is 35.5. The molecule has 1 saturated heterocycles. The summed E-state index contributed by atoms with van der Waals surface area (Å²) in [5, 5.41) is 5.33. The van der Waals surface area contributed by atoms with Crippen LogP contribution in [0.2, 0.25) is 10.0 Å². The third-order valence-corrected chi connectivity index (χ3v) is 5.53. The largest absolute Gasteiger partial charge is 0.375 e. The molecule has 27 heavy (non-hydrogen) atoms. The number of nitrogens with zero attached hydrogens (tertiary/aromatic N) is 5. The monoisotopic (exact) mass is 407 g/mol. The molecule has 0 bridgehead atoms. The first-order chi connectivity index (χ1) is 12.9. The van der Waals surface area contributed by atoms with Crippen LogP contribution < -0.4 is 10.5 Å². The summed E-state index contributed by atoms with van der Waals surface area (Å²) in [6.45, 7) is 6.26. The predicted molar refractivity (Wildman–Crippen MR) is 105 cm³/mol. The lowest BCUT2D eigenvalue weighted by Crippen LogP contribution is -2.42. The number of hydrogen-bond donors (Lipinski definition) is 0. The number of rotatable bonds is 3. The van der Waals surface area contributed by atoms with Crippen molar-refractivity contribution in [2.45, 2.75) is 26.5 Å². The molecule has 0 N–H and O–H groups in total. The van der Waals surface area contributed by atoms with Gasteiger partial charge in [0, 0.05) is 19.2 Å². The van der Waals surface area contributed by atoms with Gasteiger partial charge in [-0.1, -0.05) is 35.3 Å². The van der Waals surface area contributed by atoms with Gasteiger partial charge < -0.3 is 9.64 Å². The number of aryl methyl sites for hydroxylation is 1. The van der Waals surface area contributed by atoms with Gasteiger partial charge in [0.05, 0.1) is 29.3 Å². The molecule has 3 heterocycles. The minimum absolute atomic E-state index is 0.0934. The van der Waals surface area contributed by atoms with E-state index >= 15 is 0 Å². The number of halogens is 2. The minimum atomic E-state index is -0.215. The summed E-state index contributed by atoms with van der Waals surface area (Å²) in [6.07, 6.45) is 0.0934. The Morgan fingerprint density at radius 3 is 2.93 bits per heavy atom. The highest BCUT2D eigenvalue weighted by Crippen LogP contribution is 2.27. The molecule has 2 aromatic heterocycles. The first-order valence-corrected chi connectivity index (χ1v) is 9.46. The maximum Gasteiger partial charge on any atom is 0.277 e. The van der Waals surface area contributed by atoms with Gasteiger partial charge in [-0.3, -0.25) is 9.36 Å². The molecule has 142 valence electrons. The lowest BCUT2D eigenvalue weighted by molar-refractivity contribution is 0.0529. The fourth-order valence-corrected chi connectivity index (χ4v) is 3.66. The van der Waals surface area contributed by atoms with Gasteiger partial charge in [0.1, 0.15) is 11.6 Å². The molecule has 0 radical (unpaired) electrons. The molecule has 1 aliphatic heterocycles. The number of fused-ring (bicyclic) bond motifs is 1. The Hall–Kier alpha value is -2.09. The summed E-state index contributed by atoms with van der Waals surface area (Å²) < 4.78 is 8.77. The van der Waals surface area contributed by atoms with Crippen LogP contribution in [0.5, 0.6) is 0 Å². The van der Waals surface area contributed by atoms with E-state index in [0.29, 0.717) is 53.7 Å². The fourth-order valence-electron chi connectivity index (χ4n) is 3.28. The second-order valence-corrected chi connectivity index (χ2v) is 7.42. The first kappa shape index (κ1) is 18.3. The molecule has 1 atom stereocenters. The smallest absolute Gasteiger partial charge is 0.277 e. The quantitative estimate of drug-likeness (QED) is 0.667. The number of ether oxygens (including phenoxy) is 1. The van der Waals surface area contributed by atoms with Crippen LogP contribution in [0.15, 0.2) is 29.1 Å². The van der Waals surface area contributed by atoms with Crippen molar-refractivity contribution in [3.63, 3.8) is 0 Å². The van der Waals surface area contributed by atoms with Crippen molar-refractivity contribution in [3.8, 4) is 0 Å². The van der Waals surface area contributed by atoms with Crippen LogP contribution in [0.4, 0.5) is 5.82 Å². The molecule has 0 saturated carbocycles. The summed E-state index contributed by atoms with van der Waals surface area (Å²) in [6, 6.07) is 7.01. The second kappa shape index (κ2) is 7.14. The van der Waals surface area contributed by atoms with Crippen LogP contribution in [0.25, 0.3) is 5.78 Å². The number of anilines is 1. The molecule has 0 amide bonds. The van der Waals surface area contributed by atoms with Crippen molar-refractivity contribution >= 4 is 34.8 Å². The summed E-state index contributed by atoms with van der Waals surface area (Å²) >= 11 is 12.5. The van der Waals surface area contributed by atoms with Gasteiger partial charge in [-0.25, -0.2) is 0 Å². The zero-order valence-electron chi connectivity index (χ0n) is 15.0. The minimum Gasteiger partial charge on any atom is -0.375 e. The van der Waals surface area contributed by atoms with Crippen molar-refractivity contribution in [1.29, 1.82) is 0 Å². The van der Waals surface area contributed by atoms with E-state index in [4.69, 9.17) is 32.9 Å². The van der Waals surface area contributed by atoms with E-state index in [9.17, 15) is 4.79 Å². The van der Waals surface area contributed by atoms with Gasteiger partial charge in [-0.15, -0.1) is 5.10 Å². The number of aromatic nitrogens is 4. The SMILES string of the molecule is Cc1nn2c(=O)cc(N3CCOC(C)C3)nc2n1Cc1cccc(Cl)c1Cl. The van der Waals surface area contributed by atoms with E-state index < -0.39 is 0 Å². The maximum absolute atomic E-state index is 12.6. The van der Waals surface area contributed by atoms with Crippen LogP contribution in [-0.4, -0.2) is 45.0 Å². The summed E-state index contributed by atoms with van der Waals surface area (Å²) in [4.78, 5) is 19.4. The van der Waals surface area contributed by atoms with Crippen molar-refractivity contribution < 1.29 is 4.74 Å². The standard InChI is InChI=1S/C18H19Cl2N5O2/c1-11-9-23(6-7-27-11)15-8-16(26)25-18(21-15)24(12(2)22-25)10-13-4-3-5-14(19)17(13)20/h3-5,8,11H,6-7,9-10H2,1-2H3. The van der Waals surface area contributed by atoms with Crippen LogP contribution in [0, 0.1) is 6.92 Å². The lowest BCUT2D eigenvalue weighted by atomic mass is 10.2. The molecule has 9 heteroatoms. The topological polar surface area (TPSA) is 64.7 Å². The van der Waals surface area contributed by atoms with E-state index in [-0.39, 0.29) is 11.7 Å². The molecule has 0 spiro atoms. The Morgan fingerprint density at radius 1 is 1.33 bits per heavy atom. The Morgan fingerprint density at radius 2 is 2.15 bits per heavy atom. The second-order valence-electron chi connectivity index (χ2n) is 6.64. The van der Waals surface area contributed by atoms with Crippen molar-refractivity contribution in [1.82, 2.24) is 19.2 Å². The van der Waals surface area contributed by atoms with Gasteiger partial charge in [-0.2, -0.15) is 9.50 Å². The van der Waals surface area contributed by atoms with E-state index in [1.807, 2.05) is 30.5 Å². The highest BCUT2D eigenvalue weighted by molar-refractivity contribution is 6.42. The van der Waals surface area contributed by atoms with Crippen LogP contribution in [0.1, 0.15) is 18.3 Å². The Kier molecular flexibility index (Phi) is 4.84. The molecular weight excluding hydrogens is 389 g/mol. The van der Waals surface area contributed by atoms with E-state index in [1.165, 1.54) is 10.6 Å². The Balaban J connectivity index is 1.80. The van der Waals surface area contributed by atoms with Crippen LogP contribution in [0.3, 0.4) is 0 Å². The van der Waals surface area contributed by atoms with Crippen molar-refractivity contribution in [2.75, 3.05) is 24.6 Å². The average Bonchev–Trinajstić information content (AvgIpc) is 2.95. The molecule has 4 rings (SSSR count). The molecule has 0 aliphatic carbocycles. The van der Waals surface area contributed by atoms with E-state index in [1.54, 1.807) is 6.07 Å². The molecule has 1 aromatic carbocycles. The normalized spacial score (nSPS) is 17.6. The van der Waals surface area contributed by atoms with E-state index in [0.717, 1.165) is 5.56 Å². The van der Waals surface area contributed by atoms with Crippen LogP contribution in [-0.2, 0) is 11.3 Å². The van der Waals surface area contributed by atoms with Gasteiger partial charge in [0.25, 0.3) is 5.56 Å². The third-order valence-electron chi connectivity index (χ3n) is 4.67. The van der Waals surface area contributed by atoms with Gasteiger partial charge in [-0.05, 0) is 25.5 Å². The summed E-state index contributed by atoms with van der Waals surface area (Å²) in [5.41, 5.74) is 0.625. The Bertz CT molecular complexity index is 1060. The third kappa shape index (κ3) is 3.42. The van der Waals surface area contributed by atoms with Crippen LogP contribution >= 0.6 is 23.2 Å². The van der Waals surface area contributed by atoms with Gasteiger partial charge in [0.2, 0.25) is 5.78 Å². The zero-order chi connectivity index (χ0) is 19.1.